The summed E-state index contributed by atoms with van der Waals surface area (Å²) < 4.78 is 3.08. The molecule has 0 spiro atoms. The Kier molecular flexibility index (Phi) is 3.17. The van der Waals surface area contributed by atoms with E-state index < -0.39 is 0 Å². The third-order valence-electron chi connectivity index (χ3n) is 3.22. The average Bonchev–Trinajstić information content (AvgIpc) is 3.01. The number of hydrogen-bond donors (Lipinski definition) is 0. The molecule has 0 bridgehead atoms. The number of likely N-dealkylation sites (tertiary alicyclic amines) is 1. The lowest BCUT2D eigenvalue weighted by Gasteiger charge is -2.14. The Hall–Kier alpha value is -1.21. The van der Waals surface area contributed by atoms with Gasteiger partial charge in [0.2, 0.25) is 0 Å². The van der Waals surface area contributed by atoms with Crippen molar-refractivity contribution >= 4 is 15.9 Å². The Morgan fingerprint density at radius 3 is 2.94 bits per heavy atom. The van der Waals surface area contributed by atoms with Crippen LogP contribution in [0.1, 0.15) is 18.2 Å². The highest BCUT2D eigenvalue weighted by Crippen LogP contribution is 2.23. The Morgan fingerprint density at radius 1 is 1.39 bits per heavy atom. The zero-order valence-corrected chi connectivity index (χ0v) is 11.8. The van der Waals surface area contributed by atoms with Crippen LogP contribution in [0.15, 0.2) is 23.1 Å². The van der Waals surface area contributed by atoms with Gasteiger partial charge >= 0.3 is 0 Å². The van der Waals surface area contributed by atoms with Crippen LogP contribution in [0.4, 0.5) is 0 Å². The molecule has 0 aromatic carbocycles. The van der Waals surface area contributed by atoms with Gasteiger partial charge in [-0.25, -0.2) is 0 Å². The van der Waals surface area contributed by atoms with E-state index in [0.29, 0.717) is 6.04 Å². The molecule has 18 heavy (non-hydrogen) atoms. The van der Waals surface area contributed by atoms with Gasteiger partial charge in [0.05, 0.1) is 28.6 Å². The van der Waals surface area contributed by atoms with Crippen molar-refractivity contribution in [2.75, 3.05) is 13.1 Å². The molecular weight excluding hydrogens is 296 g/mol. The second-order valence-electron chi connectivity index (χ2n) is 4.64. The van der Waals surface area contributed by atoms with Crippen LogP contribution in [0.2, 0.25) is 0 Å². The molecule has 1 saturated heterocycles. The predicted molar refractivity (Wildman–Crippen MR) is 69.9 cm³/mol. The van der Waals surface area contributed by atoms with Crippen LogP contribution in [0.5, 0.6) is 0 Å². The summed E-state index contributed by atoms with van der Waals surface area (Å²) in [5.74, 6) is 0. The van der Waals surface area contributed by atoms with E-state index in [2.05, 4.69) is 36.1 Å². The number of halogens is 1. The fraction of sp³-hybridized carbons (Fsp3) is 0.545. The SMILES string of the molecule is Cn1ncc(CN2CCC(n3cc(Br)cn3)C2)n1. The maximum Gasteiger partial charge on any atom is 0.0967 e. The fourth-order valence-electron chi connectivity index (χ4n) is 2.38. The van der Waals surface area contributed by atoms with Crippen LogP contribution in [-0.4, -0.2) is 42.8 Å². The maximum absolute atomic E-state index is 4.35. The minimum Gasteiger partial charge on any atom is -0.295 e. The van der Waals surface area contributed by atoms with Gasteiger partial charge < -0.3 is 0 Å². The standard InChI is InChI=1S/C11H15BrN6/c1-16-13-5-10(15-16)7-17-3-2-11(8-17)18-6-9(12)4-14-18/h4-6,11H,2-3,7-8H2,1H3. The van der Waals surface area contributed by atoms with Gasteiger partial charge in [-0.3, -0.25) is 9.58 Å². The highest BCUT2D eigenvalue weighted by Gasteiger charge is 2.24. The van der Waals surface area contributed by atoms with Crippen LogP contribution < -0.4 is 0 Å². The molecule has 1 aliphatic rings. The fourth-order valence-corrected chi connectivity index (χ4v) is 2.68. The zero-order valence-electron chi connectivity index (χ0n) is 10.2. The maximum atomic E-state index is 4.35. The van der Waals surface area contributed by atoms with Crippen molar-refractivity contribution in [1.29, 1.82) is 0 Å². The molecule has 1 unspecified atom stereocenters. The summed E-state index contributed by atoms with van der Waals surface area (Å²) in [4.78, 5) is 4.00. The highest BCUT2D eigenvalue weighted by atomic mass is 79.9. The van der Waals surface area contributed by atoms with E-state index in [0.717, 1.165) is 36.2 Å². The first-order valence-corrected chi connectivity index (χ1v) is 6.77. The third-order valence-corrected chi connectivity index (χ3v) is 3.63. The van der Waals surface area contributed by atoms with Crippen molar-refractivity contribution in [3.05, 3.63) is 28.8 Å². The van der Waals surface area contributed by atoms with Gasteiger partial charge in [-0.2, -0.15) is 20.1 Å². The van der Waals surface area contributed by atoms with Crippen molar-refractivity contribution in [3.63, 3.8) is 0 Å². The normalized spacial score (nSPS) is 20.7. The number of aromatic nitrogens is 5. The first-order valence-electron chi connectivity index (χ1n) is 5.98. The molecule has 0 N–H and O–H groups in total. The molecule has 1 aliphatic heterocycles. The van der Waals surface area contributed by atoms with E-state index in [4.69, 9.17) is 0 Å². The minimum absolute atomic E-state index is 0.466. The molecule has 0 radical (unpaired) electrons. The summed E-state index contributed by atoms with van der Waals surface area (Å²) in [6, 6.07) is 0.466. The lowest BCUT2D eigenvalue weighted by Crippen LogP contribution is -2.21. The van der Waals surface area contributed by atoms with Crippen LogP contribution in [0.25, 0.3) is 0 Å². The van der Waals surface area contributed by atoms with Crippen LogP contribution in [-0.2, 0) is 13.6 Å². The van der Waals surface area contributed by atoms with Gasteiger partial charge in [0.25, 0.3) is 0 Å². The Morgan fingerprint density at radius 2 is 2.28 bits per heavy atom. The molecule has 3 rings (SSSR count). The van der Waals surface area contributed by atoms with Crippen LogP contribution in [0, 0.1) is 0 Å². The van der Waals surface area contributed by atoms with Gasteiger partial charge in [-0.05, 0) is 22.4 Å². The Labute approximate surface area is 114 Å². The number of nitrogens with zero attached hydrogens (tertiary/aromatic N) is 6. The van der Waals surface area contributed by atoms with Crippen molar-refractivity contribution < 1.29 is 0 Å². The smallest absolute Gasteiger partial charge is 0.0967 e. The summed E-state index contributed by atoms with van der Waals surface area (Å²) in [7, 11) is 1.84. The second-order valence-corrected chi connectivity index (χ2v) is 5.56. The first kappa shape index (κ1) is 11.9. The number of hydrogen-bond acceptors (Lipinski definition) is 4. The minimum atomic E-state index is 0.466. The first-order chi connectivity index (χ1) is 8.70. The Bertz CT molecular complexity index is 533. The Balaban J connectivity index is 1.61. The van der Waals surface area contributed by atoms with E-state index in [-0.39, 0.29) is 0 Å². The van der Waals surface area contributed by atoms with Gasteiger partial charge in [-0.15, -0.1) is 0 Å². The van der Waals surface area contributed by atoms with Gasteiger partial charge in [-0.1, -0.05) is 0 Å². The molecule has 0 aliphatic carbocycles. The quantitative estimate of drug-likeness (QED) is 0.855. The number of aryl methyl sites for hydroxylation is 1. The van der Waals surface area contributed by atoms with Gasteiger partial charge in [0, 0.05) is 32.9 Å². The average molecular weight is 311 g/mol. The summed E-state index contributed by atoms with van der Waals surface area (Å²) in [5, 5.41) is 12.8. The van der Waals surface area contributed by atoms with E-state index >= 15 is 0 Å². The van der Waals surface area contributed by atoms with Gasteiger partial charge in [0.15, 0.2) is 0 Å². The van der Waals surface area contributed by atoms with E-state index in [9.17, 15) is 0 Å². The molecule has 3 heterocycles. The lowest BCUT2D eigenvalue weighted by atomic mass is 10.3. The predicted octanol–water partition coefficient (Wildman–Crippen LogP) is 1.22. The van der Waals surface area contributed by atoms with Crippen LogP contribution >= 0.6 is 15.9 Å². The van der Waals surface area contributed by atoms with E-state index in [1.54, 1.807) is 4.80 Å². The van der Waals surface area contributed by atoms with E-state index in [1.807, 2.05) is 30.3 Å². The molecule has 2 aromatic heterocycles. The summed E-state index contributed by atoms with van der Waals surface area (Å²) >= 11 is 3.43. The number of rotatable bonds is 3. The molecule has 0 amide bonds. The molecule has 1 atom stereocenters. The summed E-state index contributed by atoms with van der Waals surface area (Å²) in [5.41, 5.74) is 1.03. The molecular formula is C11H15BrN6. The zero-order chi connectivity index (χ0) is 12.5. The van der Waals surface area contributed by atoms with Crippen molar-refractivity contribution in [2.24, 2.45) is 7.05 Å². The second kappa shape index (κ2) is 4.81. The largest absolute Gasteiger partial charge is 0.295 e. The highest BCUT2D eigenvalue weighted by molar-refractivity contribution is 9.10. The molecule has 96 valence electrons. The van der Waals surface area contributed by atoms with Crippen LogP contribution in [0.3, 0.4) is 0 Å². The molecule has 2 aromatic rings. The van der Waals surface area contributed by atoms with Crippen molar-refractivity contribution in [3.8, 4) is 0 Å². The van der Waals surface area contributed by atoms with E-state index in [1.165, 1.54) is 0 Å². The summed E-state index contributed by atoms with van der Waals surface area (Å²) in [6.07, 6.45) is 6.84. The van der Waals surface area contributed by atoms with Crippen molar-refractivity contribution in [2.45, 2.75) is 19.0 Å². The van der Waals surface area contributed by atoms with Crippen molar-refractivity contribution in [1.82, 2.24) is 29.7 Å². The molecule has 7 heteroatoms. The van der Waals surface area contributed by atoms with Gasteiger partial charge in [0.1, 0.15) is 0 Å². The third kappa shape index (κ3) is 2.46. The lowest BCUT2D eigenvalue weighted by molar-refractivity contribution is 0.307. The monoisotopic (exact) mass is 310 g/mol. The summed E-state index contributed by atoms with van der Waals surface area (Å²) in [6.45, 7) is 2.97. The molecule has 6 nitrogen and oxygen atoms in total. The topological polar surface area (TPSA) is 51.8 Å². The molecule has 1 fully saturated rings. The molecule has 0 saturated carbocycles.